The van der Waals surface area contributed by atoms with Crippen molar-refractivity contribution < 1.29 is 4.92 Å². The first-order chi connectivity index (χ1) is 9.22. The number of hydrogen-bond donors (Lipinski definition) is 0. The smallest absolute Gasteiger partial charge is 0.258 e. The van der Waals surface area contributed by atoms with Gasteiger partial charge in [0, 0.05) is 6.07 Å². The normalized spacial score (nSPS) is 10.8. The van der Waals surface area contributed by atoms with Crippen LogP contribution >= 0.6 is 0 Å². The number of nitriles is 1. The minimum Gasteiger partial charge on any atom is -0.258 e. The lowest BCUT2D eigenvalue weighted by atomic mass is 10.0. The zero-order valence-corrected chi connectivity index (χ0v) is 9.98. The Morgan fingerprint density at radius 1 is 1.11 bits per heavy atom. The maximum atomic E-state index is 11.0. The lowest BCUT2D eigenvalue weighted by Gasteiger charge is -2.01. The topological polar surface area (TPSA) is 66.9 Å². The van der Waals surface area contributed by atoms with Gasteiger partial charge >= 0.3 is 0 Å². The standard InChI is InChI=1S/C15H10N2O2/c16-11-13(10-12-6-2-1-3-7-12)14-8-4-5-9-15(14)17(18)19/h1-10H/b13-10+. The van der Waals surface area contributed by atoms with Crippen LogP contribution in [0.2, 0.25) is 0 Å². The molecule has 0 saturated heterocycles. The Bertz CT molecular complexity index is 670. The highest BCUT2D eigenvalue weighted by molar-refractivity contribution is 5.92. The van der Waals surface area contributed by atoms with Crippen molar-refractivity contribution in [3.63, 3.8) is 0 Å². The van der Waals surface area contributed by atoms with Crippen LogP contribution in [-0.2, 0) is 0 Å². The molecule has 0 aromatic heterocycles. The number of benzene rings is 2. The second-order valence-electron chi connectivity index (χ2n) is 3.85. The number of nitrogens with zero attached hydrogens (tertiary/aromatic N) is 2. The predicted octanol–water partition coefficient (Wildman–Crippen LogP) is 3.66. The second-order valence-corrected chi connectivity index (χ2v) is 3.85. The molecule has 0 N–H and O–H groups in total. The molecule has 0 atom stereocenters. The number of nitro groups is 1. The molecule has 0 aliphatic carbocycles. The third-order valence-corrected chi connectivity index (χ3v) is 2.62. The van der Waals surface area contributed by atoms with E-state index < -0.39 is 4.92 Å². The molecule has 4 heteroatoms. The van der Waals surface area contributed by atoms with E-state index in [0.29, 0.717) is 5.56 Å². The average Bonchev–Trinajstić information content (AvgIpc) is 2.46. The van der Waals surface area contributed by atoms with Crippen LogP contribution in [0.1, 0.15) is 11.1 Å². The summed E-state index contributed by atoms with van der Waals surface area (Å²) >= 11 is 0. The Morgan fingerprint density at radius 3 is 2.37 bits per heavy atom. The van der Waals surface area contributed by atoms with Crippen LogP contribution in [0.15, 0.2) is 54.6 Å². The molecule has 19 heavy (non-hydrogen) atoms. The van der Waals surface area contributed by atoms with E-state index in [0.717, 1.165) is 5.56 Å². The van der Waals surface area contributed by atoms with Crippen LogP contribution in [0.25, 0.3) is 11.6 Å². The molecule has 0 unspecified atom stereocenters. The Labute approximate surface area is 110 Å². The number of nitro benzene ring substituents is 1. The first-order valence-corrected chi connectivity index (χ1v) is 5.63. The highest BCUT2D eigenvalue weighted by Crippen LogP contribution is 2.26. The molecule has 0 heterocycles. The van der Waals surface area contributed by atoms with Gasteiger partial charge in [-0.3, -0.25) is 10.1 Å². The Morgan fingerprint density at radius 2 is 1.74 bits per heavy atom. The SMILES string of the molecule is N#C/C(=C\c1ccccc1)c1ccccc1[N+](=O)[O-]. The van der Waals surface area contributed by atoms with Crippen molar-refractivity contribution >= 4 is 17.3 Å². The van der Waals surface area contributed by atoms with Crippen molar-refractivity contribution in [1.29, 1.82) is 5.26 Å². The fraction of sp³-hybridized carbons (Fsp3) is 0. The average molecular weight is 250 g/mol. The van der Waals surface area contributed by atoms with Gasteiger partial charge < -0.3 is 0 Å². The summed E-state index contributed by atoms with van der Waals surface area (Å²) in [5, 5.41) is 20.2. The monoisotopic (exact) mass is 250 g/mol. The van der Waals surface area contributed by atoms with Crippen molar-refractivity contribution in [2.24, 2.45) is 0 Å². The molecule has 0 aliphatic heterocycles. The molecule has 0 aliphatic rings. The van der Waals surface area contributed by atoms with Gasteiger partial charge in [-0.2, -0.15) is 5.26 Å². The van der Waals surface area contributed by atoms with Gasteiger partial charge in [-0.05, 0) is 17.7 Å². The summed E-state index contributed by atoms with van der Waals surface area (Å²) in [4.78, 5) is 10.5. The maximum Gasteiger partial charge on any atom is 0.277 e. The van der Waals surface area contributed by atoms with E-state index in [9.17, 15) is 15.4 Å². The number of allylic oxidation sites excluding steroid dienone is 1. The number of rotatable bonds is 3. The number of hydrogen-bond acceptors (Lipinski definition) is 3. The highest BCUT2D eigenvalue weighted by Gasteiger charge is 2.15. The van der Waals surface area contributed by atoms with E-state index in [-0.39, 0.29) is 11.3 Å². The van der Waals surface area contributed by atoms with E-state index in [2.05, 4.69) is 0 Å². The quantitative estimate of drug-likeness (QED) is 0.361. The van der Waals surface area contributed by atoms with Crippen LogP contribution in [-0.4, -0.2) is 4.92 Å². The van der Waals surface area contributed by atoms with Crippen LogP contribution in [0.4, 0.5) is 5.69 Å². The molecule has 2 aromatic rings. The van der Waals surface area contributed by atoms with Gasteiger partial charge in [0.1, 0.15) is 6.07 Å². The molecular formula is C15H10N2O2. The van der Waals surface area contributed by atoms with Gasteiger partial charge in [-0.25, -0.2) is 0 Å². The third-order valence-electron chi connectivity index (χ3n) is 2.62. The van der Waals surface area contributed by atoms with E-state index in [4.69, 9.17) is 0 Å². The number of para-hydroxylation sites is 1. The van der Waals surface area contributed by atoms with Crippen molar-refractivity contribution in [2.45, 2.75) is 0 Å². The zero-order chi connectivity index (χ0) is 13.7. The molecule has 0 amide bonds. The molecule has 0 spiro atoms. The van der Waals surface area contributed by atoms with Crippen LogP contribution < -0.4 is 0 Å². The van der Waals surface area contributed by atoms with Gasteiger partial charge in [0.25, 0.3) is 5.69 Å². The Kier molecular flexibility index (Phi) is 3.70. The van der Waals surface area contributed by atoms with E-state index >= 15 is 0 Å². The van der Waals surface area contributed by atoms with E-state index in [1.807, 2.05) is 36.4 Å². The molecule has 4 nitrogen and oxygen atoms in total. The lowest BCUT2D eigenvalue weighted by molar-refractivity contribution is -0.385. The van der Waals surface area contributed by atoms with Crippen LogP contribution in [0, 0.1) is 21.4 Å². The Hall–Kier alpha value is -2.93. The molecule has 2 aromatic carbocycles. The minimum atomic E-state index is -0.481. The van der Waals surface area contributed by atoms with Crippen LogP contribution in [0.3, 0.4) is 0 Å². The zero-order valence-electron chi connectivity index (χ0n) is 9.98. The summed E-state index contributed by atoms with van der Waals surface area (Å²) in [6, 6.07) is 17.5. The fourth-order valence-electron chi connectivity index (χ4n) is 1.75. The highest BCUT2D eigenvalue weighted by atomic mass is 16.6. The van der Waals surface area contributed by atoms with Gasteiger partial charge in [0.05, 0.1) is 16.1 Å². The summed E-state index contributed by atoms with van der Waals surface area (Å²) in [7, 11) is 0. The first-order valence-electron chi connectivity index (χ1n) is 5.63. The summed E-state index contributed by atoms with van der Waals surface area (Å²) in [6.07, 6.45) is 1.64. The third kappa shape index (κ3) is 2.85. The largest absolute Gasteiger partial charge is 0.277 e. The van der Waals surface area contributed by atoms with Gasteiger partial charge in [-0.1, -0.05) is 42.5 Å². The first kappa shape index (κ1) is 12.5. The molecule has 0 fully saturated rings. The van der Waals surface area contributed by atoms with E-state index in [1.165, 1.54) is 6.07 Å². The van der Waals surface area contributed by atoms with Crippen molar-refractivity contribution in [3.8, 4) is 6.07 Å². The van der Waals surface area contributed by atoms with Gasteiger partial charge in [0.2, 0.25) is 0 Å². The lowest BCUT2D eigenvalue weighted by Crippen LogP contribution is -1.93. The van der Waals surface area contributed by atoms with E-state index in [1.54, 1.807) is 24.3 Å². The Balaban J connectivity index is 2.53. The fourth-order valence-corrected chi connectivity index (χ4v) is 1.75. The van der Waals surface area contributed by atoms with Crippen molar-refractivity contribution in [1.82, 2.24) is 0 Å². The summed E-state index contributed by atoms with van der Waals surface area (Å²) < 4.78 is 0. The molecule has 0 bridgehead atoms. The minimum absolute atomic E-state index is 0.0637. The van der Waals surface area contributed by atoms with Crippen molar-refractivity contribution in [3.05, 3.63) is 75.8 Å². The molecule has 2 rings (SSSR count). The molecule has 0 saturated carbocycles. The van der Waals surface area contributed by atoms with Gasteiger partial charge in [-0.15, -0.1) is 0 Å². The second kappa shape index (κ2) is 5.61. The molecular weight excluding hydrogens is 240 g/mol. The summed E-state index contributed by atoms with van der Waals surface area (Å²) in [6.45, 7) is 0. The van der Waals surface area contributed by atoms with Gasteiger partial charge in [0.15, 0.2) is 0 Å². The van der Waals surface area contributed by atoms with Crippen LogP contribution in [0.5, 0.6) is 0 Å². The molecule has 92 valence electrons. The van der Waals surface area contributed by atoms with Crippen molar-refractivity contribution in [2.75, 3.05) is 0 Å². The maximum absolute atomic E-state index is 11.0. The summed E-state index contributed by atoms with van der Waals surface area (Å²) in [5.41, 5.74) is 1.38. The molecule has 0 radical (unpaired) electrons. The predicted molar refractivity (Wildman–Crippen MR) is 73.0 cm³/mol. The summed E-state index contributed by atoms with van der Waals surface area (Å²) in [5.74, 6) is 0.